The first-order chi connectivity index (χ1) is 15.3. The Balaban J connectivity index is 1.58. The SMILES string of the molecule is CC(C)(C)OC(=O)N1C[C@@H](OCc2ccccc2)C[C@H]1c1nccn1-c1ccc(F)cn1. The van der Waals surface area contributed by atoms with Crippen LogP contribution in [-0.4, -0.2) is 43.8 Å². The Kier molecular flexibility index (Phi) is 6.23. The Morgan fingerprint density at radius 1 is 1.16 bits per heavy atom. The predicted molar refractivity (Wildman–Crippen MR) is 117 cm³/mol. The third-order valence-corrected chi connectivity index (χ3v) is 5.15. The molecular formula is C24H27FN4O3. The maximum atomic E-state index is 13.4. The number of carbonyl (C=O) groups is 1. The lowest BCUT2D eigenvalue weighted by molar-refractivity contribution is 0.0144. The summed E-state index contributed by atoms with van der Waals surface area (Å²) in [6, 6.07) is 12.5. The number of ether oxygens (including phenoxy) is 2. The lowest BCUT2D eigenvalue weighted by Crippen LogP contribution is -2.38. The van der Waals surface area contributed by atoms with Gasteiger partial charge in [0.05, 0.1) is 31.5 Å². The zero-order chi connectivity index (χ0) is 22.7. The molecule has 0 unspecified atom stereocenters. The molecule has 2 atom stereocenters. The summed E-state index contributed by atoms with van der Waals surface area (Å²) in [5.74, 6) is 0.735. The minimum absolute atomic E-state index is 0.181. The Labute approximate surface area is 186 Å². The Morgan fingerprint density at radius 2 is 1.94 bits per heavy atom. The van der Waals surface area contributed by atoms with Gasteiger partial charge in [-0.3, -0.25) is 9.47 Å². The normalized spacial score (nSPS) is 18.7. The zero-order valence-corrected chi connectivity index (χ0v) is 18.4. The molecule has 0 N–H and O–H groups in total. The molecule has 2 aromatic heterocycles. The van der Waals surface area contributed by atoms with E-state index in [4.69, 9.17) is 9.47 Å². The number of rotatable bonds is 5. The van der Waals surface area contributed by atoms with Crippen LogP contribution < -0.4 is 0 Å². The number of carbonyl (C=O) groups excluding carboxylic acids is 1. The van der Waals surface area contributed by atoms with E-state index in [1.54, 1.807) is 27.9 Å². The van der Waals surface area contributed by atoms with Crippen LogP contribution in [0.1, 0.15) is 44.6 Å². The van der Waals surface area contributed by atoms with Crippen LogP contribution in [0, 0.1) is 5.82 Å². The van der Waals surface area contributed by atoms with Crippen LogP contribution in [0.5, 0.6) is 0 Å². The molecule has 0 aliphatic carbocycles. The maximum Gasteiger partial charge on any atom is 0.411 e. The van der Waals surface area contributed by atoms with Crippen molar-refractivity contribution in [1.82, 2.24) is 19.4 Å². The largest absolute Gasteiger partial charge is 0.444 e. The van der Waals surface area contributed by atoms with Gasteiger partial charge in [-0.1, -0.05) is 30.3 Å². The molecule has 0 saturated carbocycles. The quantitative estimate of drug-likeness (QED) is 0.579. The van der Waals surface area contributed by atoms with E-state index in [0.717, 1.165) is 11.8 Å². The molecule has 0 spiro atoms. The van der Waals surface area contributed by atoms with Gasteiger partial charge in [0.25, 0.3) is 0 Å². The zero-order valence-electron chi connectivity index (χ0n) is 18.4. The number of halogens is 1. The maximum absolute atomic E-state index is 13.4. The minimum Gasteiger partial charge on any atom is -0.444 e. The first-order valence-electron chi connectivity index (χ1n) is 10.6. The highest BCUT2D eigenvalue weighted by Gasteiger charge is 2.41. The summed E-state index contributed by atoms with van der Waals surface area (Å²) in [5, 5.41) is 0. The molecule has 1 aliphatic heterocycles. The third kappa shape index (κ3) is 5.13. The molecule has 1 saturated heterocycles. The number of benzene rings is 1. The molecule has 1 fully saturated rings. The Bertz CT molecular complexity index is 1050. The van der Waals surface area contributed by atoms with Crippen molar-refractivity contribution < 1.29 is 18.7 Å². The molecule has 32 heavy (non-hydrogen) atoms. The average molecular weight is 439 g/mol. The van der Waals surface area contributed by atoms with Crippen LogP contribution in [0.3, 0.4) is 0 Å². The smallest absolute Gasteiger partial charge is 0.411 e. The molecular weight excluding hydrogens is 411 g/mol. The summed E-state index contributed by atoms with van der Waals surface area (Å²) in [4.78, 5) is 23.3. The topological polar surface area (TPSA) is 69.5 Å². The third-order valence-electron chi connectivity index (χ3n) is 5.15. The Hall–Kier alpha value is -3.26. The highest BCUT2D eigenvalue weighted by molar-refractivity contribution is 5.69. The fourth-order valence-electron chi connectivity index (χ4n) is 3.74. The van der Waals surface area contributed by atoms with E-state index in [1.807, 2.05) is 51.1 Å². The number of pyridine rings is 1. The number of nitrogens with zero attached hydrogens (tertiary/aromatic N) is 4. The van der Waals surface area contributed by atoms with Crippen molar-refractivity contribution in [2.24, 2.45) is 0 Å². The van der Waals surface area contributed by atoms with E-state index >= 15 is 0 Å². The summed E-state index contributed by atoms with van der Waals surface area (Å²) >= 11 is 0. The van der Waals surface area contributed by atoms with E-state index in [2.05, 4.69) is 9.97 Å². The average Bonchev–Trinajstić information content (AvgIpc) is 3.39. The van der Waals surface area contributed by atoms with Gasteiger partial charge in [0.1, 0.15) is 23.1 Å². The fourth-order valence-corrected chi connectivity index (χ4v) is 3.74. The molecule has 168 valence electrons. The van der Waals surface area contributed by atoms with Crippen molar-refractivity contribution in [2.45, 2.75) is 51.5 Å². The number of amides is 1. The molecule has 1 aromatic carbocycles. The second kappa shape index (κ2) is 9.08. The molecule has 8 heteroatoms. The van der Waals surface area contributed by atoms with Crippen molar-refractivity contribution in [1.29, 1.82) is 0 Å². The monoisotopic (exact) mass is 438 g/mol. The van der Waals surface area contributed by atoms with Crippen molar-refractivity contribution >= 4 is 6.09 Å². The standard InChI is InChI=1S/C24H27FN4O3/c1-24(2,3)32-23(30)29-15-19(31-16-17-7-5-4-6-8-17)13-20(29)22-26-11-12-28(22)21-10-9-18(25)14-27-21/h4-12,14,19-20H,13,15-16H2,1-3H3/t19-,20-/m0/s1. The number of aromatic nitrogens is 3. The van der Waals surface area contributed by atoms with Gasteiger partial charge in [-0.15, -0.1) is 0 Å². The number of likely N-dealkylation sites (tertiary alicyclic amines) is 1. The highest BCUT2D eigenvalue weighted by Crippen LogP contribution is 2.35. The lowest BCUT2D eigenvalue weighted by Gasteiger charge is -2.28. The van der Waals surface area contributed by atoms with Crippen molar-refractivity contribution in [3.63, 3.8) is 0 Å². The van der Waals surface area contributed by atoms with Crippen molar-refractivity contribution in [3.8, 4) is 5.82 Å². The van der Waals surface area contributed by atoms with Gasteiger partial charge in [0.2, 0.25) is 0 Å². The first kappa shape index (κ1) is 22.0. The molecule has 0 radical (unpaired) electrons. The van der Waals surface area contributed by atoms with E-state index in [9.17, 15) is 9.18 Å². The summed E-state index contributed by atoms with van der Waals surface area (Å²) in [7, 11) is 0. The van der Waals surface area contributed by atoms with Crippen LogP contribution in [0.2, 0.25) is 0 Å². The minimum atomic E-state index is -0.626. The number of imidazole rings is 1. The van der Waals surface area contributed by atoms with Gasteiger partial charge in [-0.2, -0.15) is 0 Å². The molecule has 0 bridgehead atoms. The van der Waals surface area contributed by atoms with E-state index in [1.165, 1.54) is 6.07 Å². The summed E-state index contributed by atoms with van der Waals surface area (Å²) < 4.78 is 26.9. The van der Waals surface area contributed by atoms with Gasteiger partial charge >= 0.3 is 6.09 Å². The van der Waals surface area contributed by atoms with E-state index in [-0.39, 0.29) is 12.1 Å². The lowest BCUT2D eigenvalue weighted by atomic mass is 10.1. The van der Waals surface area contributed by atoms with Gasteiger partial charge in [-0.05, 0) is 38.5 Å². The van der Waals surface area contributed by atoms with Gasteiger partial charge in [0.15, 0.2) is 0 Å². The number of hydrogen-bond acceptors (Lipinski definition) is 5. The predicted octanol–water partition coefficient (Wildman–Crippen LogP) is 4.67. The summed E-state index contributed by atoms with van der Waals surface area (Å²) in [5.41, 5.74) is 0.440. The molecule has 7 nitrogen and oxygen atoms in total. The summed E-state index contributed by atoms with van der Waals surface area (Å²) in [6.45, 7) is 6.35. The van der Waals surface area contributed by atoms with Crippen LogP contribution in [0.15, 0.2) is 61.1 Å². The number of hydrogen-bond donors (Lipinski definition) is 0. The highest BCUT2D eigenvalue weighted by atomic mass is 19.1. The summed E-state index contributed by atoms with van der Waals surface area (Å²) in [6.07, 6.45) is 4.51. The van der Waals surface area contributed by atoms with Gasteiger partial charge in [-0.25, -0.2) is 19.2 Å². The van der Waals surface area contributed by atoms with Crippen LogP contribution in [0.4, 0.5) is 9.18 Å². The molecule has 4 rings (SSSR count). The van der Waals surface area contributed by atoms with Crippen LogP contribution >= 0.6 is 0 Å². The first-order valence-corrected chi connectivity index (χ1v) is 10.6. The van der Waals surface area contributed by atoms with Crippen LogP contribution in [-0.2, 0) is 16.1 Å². The second-order valence-electron chi connectivity index (χ2n) is 8.79. The van der Waals surface area contributed by atoms with Crippen molar-refractivity contribution in [2.75, 3.05) is 6.54 Å². The molecule has 3 heterocycles. The van der Waals surface area contributed by atoms with Gasteiger partial charge in [0, 0.05) is 18.8 Å². The molecule has 1 amide bonds. The Morgan fingerprint density at radius 3 is 2.62 bits per heavy atom. The fraction of sp³-hybridized carbons (Fsp3) is 0.375. The van der Waals surface area contributed by atoms with E-state index < -0.39 is 17.5 Å². The molecule has 3 aromatic rings. The van der Waals surface area contributed by atoms with Crippen LogP contribution in [0.25, 0.3) is 5.82 Å². The molecule has 1 aliphatic rings. The van der Waals surface area contributed by atoms with Gasteiger partial charge < -0.3 is 9.47 Å². The van der Waals surface area contributed by atoms with E-state index in [0.29, 0.717) is 31.2 Å². The van der Waals surface area contributed by atoms with Crippen molar-refractivity contribution in [3.05, 3.63) is 78.3 Å². The second-order valence-corrected chi connectivity index (χ2v) is 8.79.